The van der Waals surface area contributed by atoms with E-state index in [0.717, 1.165) is 4.68 Å². The Bertz CT molecular complexity index is 1110. The lowest BCUT2D eigenvalue weighted by atomic mass is 10.0. The summed E-state index contributed by atoms with van der Waals surface area (Å²) in [5.41, 5.74) is 1.21. The van der Waals surface area contributed by atoms with Crippen LogP contribution in [0, 0.1) is 17.0 Å². The minimum atomic E-state index is -0.723. The number of nitrogens with one attached hydrogen (secondary N) is 1. The van der Waals surface area contributed by atoms with Crippen LogP contribution in [0.3, 0.4) is 0 Å². The van der Waals surface area contributed by atoms with Crippen molar-refractivity contribution in [1.82, 2.24) is 9.78 Å². The predicted molar refractivity (Wildman–Crippen MR) is 109 cm³/mol. The number of ketones is 1. The normalized spacial score (nSPS) is 10.6. The molecule has 1 N–H and O–H groups in total. The largest absolute Gasteiger partial charge is 0.408 e. The second-order valence-corrected chi connectivity index (χ2v) is 6.89. The summed E-state index contributed by atoms with van der Waals surface area (Å²) in [7, 11) is 0. The van der Waals surface area contributed by atoms with Crippen LogP contribution >= 0.6 is 23.2 Å². The van der Waals surface area contributed by atoms with Crippen LogP contribution in [0.4, 0.5) is 11.5 Å². The van der Waals surface area contributed by atoms with Gasteiger partial charge in [0.25, 0.3) is 0 Å². The van der Waals surface area contributed by atoms with Crippen molar-refractivity contribution >= 4 is 46.4 Å². The molecule has 0 saturated heterocycles. The summed E-state index contributed by atoms with van der Waals surface area (Å²) in [5, 5.41) is 17.5. The Hall–Kier alpha value is -3.23. The van der Waals surface area contributed by atoms with Crippen molar-refractivity contribution in [3.63, 3.8) is 0 Å². The lowest BCUT2D eigenvalue weighted by Gasteiger charge is -2.11. The molecule has 0 aliphatic rings. The lowest BCUT2D eigenvalue weighted by molar-refractivity contribution is -0.389. The molecule has 0 fully saturated rings. The molecule has 0 aliphatic heterocycles. The molecule has 1 heterocycles. The number of hydrogen-bond donors (Lipinski definition) is 1. The van der Waals surface area contributed by atoms with E-state index in [2.05, 4.69) is 10.4 Å². The first-order chi connectivity index (χ1) is 13.8. The molecule has 0 aliphatic carbocycles. The highest BCUT2D eigenvalue weighted by Gasteiger charge is 2.25. The number of rotatable bonds is 6. The lowest BCUT2D eigenvalue weighted by Crippen LogP contribution is -2.21. The maximum Gasteiger partial charge on any atom is 0.408 e. The van der Waals surface area contributed by atoms with Gasteiger partial charge >= 0.3 is 5.82 Å². The van der Waals surface area contributed by atoms with E-state index in [1.807, 2.05) is 0 Å². The molecule has 29 heavy (non-hydrogen) atoms. The van der Waals surface area contributed by atoms with Gasteiger partial charge in [-0.15, -0.1) is 0 Å². The van der Waals surface area contributed by atoms with E-state index in [4.69, 9.17) is 23.2 Å². The highest BCUT2D eigenvalue weighted by Crippen LogP contribution is 2.27. The molecule has 0 unspecified atom stereocenters. The summed E-state index contributed by atoms with van der Waals surface area (Å²) in [4.78, 5) is 35.5. The van der Waals surface area contributed by atoms with Crippen LogP contribution in [0.15, 0.2) is 48.5 Å². The third-order valence-electron chi connectivity index (χ3n) is 4.12. The molecule has 3 rings (SSSR count). The van der Waals surface area contributed by atoms with Gasteiger partial charge in [0.15, 0.2) is 10.8 Å². The van der Waals surface area contributed by atoms with Gasteiger partial charge in [0, 0.05) is 16.1 Å². The fourth-order valence-electron chi connectivity index (χ4n) is 2.66. The van der Waals surface area contributed by atoms with Crippen molar-refractivity contribution in [2.45, 2.75) is 13.5 Å². The van der Waals surface area contributed by atoms with Crippen LogP contribution in [-0.2, 0) is 11.3 Å². The van der Waals surface area contributed by atoms with Crippen molar-refractivity contribution in [2.24, 2.45) is 0 Å². The third-order valence-corrected chi connectivity index (χ3v) is 4.80. The predicted octanol–water partition coefficient (Wildman–Crippen LogP) is 4.28. The zero-order valence-electron chi connectivity index (χ0n) is 15.1. The average Bonchev–Trinajstić information content (AvgIpc) is 2.98. The molecular weight excluding hydrogens is 419 g/mol. The SMILES string of the molecule is Cc1c(Cl)c([N+](=O)[O-])nn1CC(=O)Nc1ccc(Cl)cc1C(=O)c1ccccc1. The van der Waals surface area contributed by atoms with Crippen LogP contribution in [0.5, 0.6) is 0 Å². The van der Waals surface area contributed by atoms with Gasteiger partial charge < -0.3 is 15.4 Å². The van der Waals surface area contributed by atoms with Gasteiger partial charge in [-0.05, 0) is 30.0 Å². The Labute approximate surface area is 175 Å². The number of amides is 1. The highest BCUT2D eigenvalue weighted by atomic mass is 35.5. The summed E-state index contributed by atoms with van der Waals surface area (Å²) in [6.45, 7) is 1.20. The molecule has 0 bridgehead atoms. The maximum atomic E-state index is 12.8. The first-order valence-corrected chi connectivity index (χ1v) is 9.10. The number of carbonyl (C=O) groups excluding carboxylic acids is 2. The van der Waals surface area contributed by atoms with Gasteiger partial charge in [-0.3, -0.25) is 9.59 Å². The summed E-state index contributed by atoms with van der Waals surface area (Å²) >= 11 is 11.9. The Morgan fingerprint density at radius 1 is 1.17 bits per heavy atom. The smallest absolute Gasteiger partial charge is 0.358 e. The van der Waals surface area contributed by atoms with E-state index < -0.39 is 16.6 Å². The summed E-state index contributed by atoms with van der Waals surface area (Å²) in [6, 6.07) is 13.1. The monoisotopic (exact) mass is 432 g/mol. The van der Waals surface area contributed by atoms with E-state index in [1.165, 1.54) is 19.1 Å². The van der Waals surface area contributed by atoms with Gasteiger partial charge in [-0.2, -0.15) is 4.68 Å². The summed E-state index contributed by atoms with van der Waals surface area (Å²) < 4.78 is 1.13. The van der Waals surface area contributed by atoms with Gasteiger partial charge in [0.2, 0.25) is 5.91 Å². The third kappa shape index (κ3) is 4.44. The number of benzene rings is 2. The van der Waals surface area contributed by atoms with Gasteiger partial charge in [0.05, 0.1) is 16.5 Å². The molecule has 1 amide bonds. The average molecular weight is 433 g/mol. The second kappa shape index (κ2) is 8.42. The topological polar surface area (TPSA) is 107 Å². The van der Waals surface area contributed by atoms with Crippen LogP contribution in [0.2, 0.25) is 10.0 Å². The molecule has 10 heteroatoms. The highest BCUT2D eigenvalue weighted by molar-refractivity contribution is 6.33. The molecule has 3 aromatic rings. The zero-order valence-corrected chi connectivity index (χ0v) is 16.6. The minimum absolute atomic E-state index is 0.130. The standard InChI is InChI=1S/C19H14Cl2N4O4/c1-11-17(21)19(25(28)29)23-24(11)10-16(26)22-15-8-7-13(20)9-14(15)18(27)12-5-3-2-4-6-12/h2-9H,10H2,1H3,(H,22,26). The zero-order chi connectivity index (χ0) is 21.1. The Balaban J connectivity index is 1.86. The molecule has 1 aromatic heterocycles. The van der Waals surface area contributed by atoms with Crippen molar-refractivity contribution in [3.8, 4) is 0 Å². The van der Waals surface area contributed by atoms with Crippen molar-refractivity contribution in [1.29, 1.82) is 0 Å². The van der Waals surface area contributed by atoms with Crippen LogP contribution < -0.4 is 5.32 Å². The number of hydrogen-bond acceptors (Lipinski definition) is 5. The van der Waals surface area contributed by atoms with Gasteiger partial charge in [-0.1, -0.05) is 53.5 Å². The van der Waals surface area contributed by atoms with Gasteiger partial charge in [-0.25, -0.2) is 0 Å². The number of carbonyl (C=O) groups is 2. The van der Waals surface area contributed by atoms with E-state index >= 15 is 0 Å². The van der Waals surface area contributed by atoms with E-state index in [9.17, 15) is 19.7 Å². The van der Waals surface area contributed by atoms with E-state index in [0.29, 0.717) is 10.6 Å². The van der Waals surface area contributed by atoms with Crippen molar-refractivity contribution < 1.29 is 14.5 Å². The van der Waals surface area contributed by atoms with Crippen LogP contribution in [0.25, 0.3) is 0 Å². The number of anilines is 1. The quantitative estimate of drug-likeness (QED) is 0.355. The van der Waals surface area contributed by atoms with Crippen molar-refractivity contribution in [3.05, 3.63) is 85.5 Å². The molecule has 0 atom stereocenters. The molecule has 8 nitrogen and oxygen atoms in total. The maximum absolute atomic E-state index is 12.8. The molecule has 0 saturated carbocycles. The molecule has 148 valence electrons. The first-order valence-electron chi connectivity index (χ1n) is 8.34. The molecule has 0 spiro atoms. The Morgan fingerprint density at radius 3 is 2.48 bits per heavy atom. The van der Waals surface area contributed by atoms with Gasteiger partial charge in [0.1, 0.15) is 6.54 Å². The van der Waals surface area contributed by atoms with Crippen molar-refractivity contribution in [2.75, 3.05) is 5.32 Å². The number of halogens is 2. The fraction of sp³-hybridized carbons (Fsp3) is 0.105. The minimum Gasteiger partial charge on any atom is -0.358 e. The summed E-state index contributed by atoms with van der Waals surface area (Å²) in [6.07, 6.45) is 0. The summed E-state index contributed by atoms with van der Waals surface area (Å²) in [5.74, 6) is -1.37. The van der Waals surface area contributed by atoms with E-state index in [-0.39, 0.29) is 34.3 Å². The number of nitro groups is 1. The van der Waals surface area contributed by atoms with Crippen LogP contribution in [0.1, 0.15) is 21.6 Å². The second-order valence-electron chi connectivity index (χ2n) is 6.07. The Kier molecular flexibility index (Phi) is 5.95. The first kappa shape index (κ1) is 20.5. The molecular formula is C19H14Cl2N4O4. The number of nitrogens with zero attached hydrogens (tertiary/aromatic N) is 3. The molecule has 0 radical (unpaired) electrons. The number of aromatic nitrogens is 2. The van der Waals surface area contributed by atoms with Crippen LogP contribution in [-0.4, -0.2) is 26.4 Å². The fourth-order valence-corrected chi connectivity index (χ4v) is 3.04. The van der Waals surface area contributed by atoms with E-state index in [1.54, 1.807) is 36.4 Å². The Morgan fingerprint density at radius 2 is 1.86 bits per heavy atom. The molecule has 2 aromatic carbocycles.